The second kappa shape index (κ2) is 12.0. The molecule has 0 spiro atoms. The van der Waals surface area contributed by atoms with Gasteiger partial charge in [-0.3, -0.25) is 4.90 Å². The number of hydrogen-bond donors (Lipinski definition) is 1. The molecule has 3 aliphatic rings. The molecule has 1 aliphatic carbocycles. The van der Waals surface area contributed by atoms with Crippen molar-refractivity contribution in [1.29, 1.82) is 5.26 Å². The number of nitriles is 1. The average Bonchev–Trinajstić information content (AvgIpc) is 3.67. The minimum atomic E-state index is 0.534. The molecule has 0 amide bonds. The predicted molar refractivity (Wildman–Crippen MR) is 174 cm³/mol. The van der Waals surface area contributed by atoms with Crippen LogP contribution in [0.4, 0.5) is 5.69 Å². The lowest BCUT2D eigenvalue weighted by molar-refractivity contribution is 0.211. The van der Waals surface area contributed by atoms with Crippen molar-refractivity contribution in [3.63, 3.8) is 0 Å². The second-order valence-corrected chi connectivity index (χ2v) is 13.3. The molecule has 7 heteroatoms. The highest BCUT2D eigenvalue weighted by atomic mass is 35.5. The second-order valence-electron chi connectivity index (χ2n) is 12.9. The maximum absolute atomic E-state index is 9.91. The number of benzene rings is 3. The van der Waals surface area contributed by atoms with Crippen molar-refractivity contribution in [3.8, 4) is 28.7 Å². The van der Waals surface area contributed by atoms with Crippen molar-refractivity contribution < 1.29 is 4.42 Å². The summed E-state index contributed by atoms with van der Waals surface area (Å²) in [6.07, 6.45) is 7.38. The van der Waals surface area contributed by atoms with E-state index < -0.39 is 0 Å². The lowest BCUT2D eigenvalue weighted by Crippen LogP contribution is -2.50. The highest BCUT2D eigenvalue weighted by Crippen LogP contribution is 2.41. The zero-order valence-corrected chi connectivity index (χ0v) is 26.0. The quantitative estimate of drug-likeness (QED) is 0.234. The Balaban J connectivity index is 1.14. The van der Waals surface area contributed by atoms with Crippen LogP contribution in [-0.2, 0) is 6.54 Å². The summed E-state index contributed by atoms with van der Waals surface area (Å²) in [5.74, 6) is 1.41. The summed E-state index contributed by atoms with van der Waals surface area (Å²) >= 11 is 7.17. The van der Waals surface area contributed by atoms with E-state index in [4.69, 9.17) is 21.0 Å². The van der Waals surface area contributed by atoms with Gasteiger partial charge in [0.25, 0.3) is 0 Å². The van der Waals surface area contributed by atoms with Crippen LogP contribution in [0.5, 0.6) is 0 Å². The number of anilines is 1. The molecule has 3 aromatic carbocycles. The van der Waals surface area contributed by atoms with E-state index >= 15 is 0 Å². The summed E-state index contributed by atoms with van der Waals surface area (Å²) in [4.78, 5) is 9.77. The molecule has 0 unspecified atom stereocenters. The molecular formula is C36H40ClN5O. The first-order valence-corrected chi connectivity index (χ1v) is 16.3. The number of likely N-dealkylation sites (tertiary alicyclic amines) is 1. The summed E-state index contributed by atoms with van der Waals surface area (Å²) in [6, 6.07) is 20.2. The Bertz CT molecular complexity index is 1670. The van der Waals surface area contributed by atoms with Gasteiger partial charge >= 0.3 is 0 Å². The largest absolute Gasteiger partial charge is 0.435 e. The van der Waals surface area contributed by atoms with Crippen LogP contribution in [0, 0.1) is 24.2 Å². The zero-order chi connectivity index (χ0) is 29.5. The lowest BCUT2D eigenvalue weighted by atomic mass is 9.81. The van der Waals surface area contributed by atoms with E-state index in [1.54, 1.807) is 0 Å². The van der Waals surface area contributed by atoms with Crippen LogP contribution in [0.2, 0.25) is 5.02 Å². The fraction of sp³-hybridized carbons (Fsp3) is 0.444. The summed E-state index contributed by atoms with van der Waals surface area (Å²) in [7, 11) is 0. The highest BCUT2D eigenvalue weighted by Gasteiger charge is 2.29. The Morgan fingerprint density at radius 3 is 2.44 bits per heavy atom. The van der Waals surface area contributed by atoms with Gasteiger partial charge in [0.1, 0.15) is 11.6 Å². The van der Waals surface area contributed by atoms with Gasteiger partial charge in [0.05, 0.1) is 16.3 Å². The van der Waals surface area contributed by atoms with E-state index in [1.165, 1.54) is 25.7 Å². The fourth-order valence-corrected chi connectivity index (χ4v) is 7.72. The molecule has 7 rings (SSSR count). The van der Waals surface area contributed by atoms with E-state index in [9.17, 15) is 5.26 Å². The van der Waals surface area contributed by atoms with Gasteiger partial charge in [-0.2, -0.15) is 5.26 Å². The highest BCUT2D eigenvalue weighted by molar-refractivity contribution is 6.36. The SMILES string of the molecule is Cc1c(-c2nc3cc(CN4CCCC4)cc(C#N)c3o2)cccc1-c1cccc(N2CCC(NC3CC(C)C3)CC2)c1Cl. The topological polar surface area (TPSA) is 68.3 Å². The van der Waals surface area contributed by atoms with Gasteiger partial charge in [0.2, 0.25) is 5.89 Å². The van der Waals surface area contributed by atoms with Crippen molar-refractivity contribution in [2.75, 3.05) is 31.1 Å². The van der Waals surface area contributed by atoms with Crippen LogP contribution in [0.25, 0.3) is 33.7 Å². The molecule has 0 radical (unpaired) electrons. The third-order valence-electron chi connectivity index (χ3n) is 9.79. The number of halogens is 1. The summed E-state index contributed by atoms with van der Waals surface area (Å²) in [5.41, 5.74) is 8.09. The maximum Gasteiger partial charge on any atom is 0.227 e. The molecule has 2 aliphatic heterocycles. The van der Waals surface area contributed by atoms with Gasteiger partial charge < -0.3 is 14.6 Å². The molecule has 1 aromatic heterocycles. The van der Waals surface area contributed by atoms with Crippen LogP contribution >= 0.6 is 11.6 Å². The molecule has 2 saturated heterocycles. The van der Waals surface area contributed by atoms with Crippen LogP contribution in [0.15, 0.2) is 52.9 Å². The number of rotatable bonds is 7. The van der Waals surface area contributed by atoms with Gasteiger partial charge in [-0.25, -0.2) is 4.98 Å². The summed E-state index contributed by atoms with van der Waals surface area (Å²) in [6.45, 7) is 9.51. The first kappa shape index (κ1) is 28.4. The van der Waals surface area contributed by atoms with Crippen molar-refractivity contribution in [1.82, 2.24) is 15.2 Å². The van der Waals surface area contributed by atoms with E-state index in [2.05, 4.69) is 65.4 Å². The number of aromatic nitrogens is 1. The monoisotopic (exact) mass is 593 g/mol. The average molecular weight is 594 g/mol. The van der Waals surface area contributed by atoms with Crippen molar-refractivity contribution in [2.24, 2.45) is 5.92 Å². The van der Waals surface area contributed by atoms with Gasteiger partial charge in [-0.15, -0.1) is 0 Å². The molecule has 3 fully saturated rings. The normalized spacial score (nSPS) is 21.3. The van der Waals surface area contributed by atoms with Gasteiger partial charge in [0, 0.05) is 42.8 Å². The van der Waals surface area contributed by atoms with Gasteiger partial charge in [-0.1, -0.05) is 42.8 Å². The standard InChI is InChI=1S/C36H40ClN5O/c1-23-17-28(18-23)39-27-11-15-42(16-12-27)33-10-6-9-31(34(33)37)29-7-5-8-30(24(29)2)36-40-32-20-25(22-41-13-3-4-14-41)19-26(21-38)35(32)43-36/h5-10,19-20,23,27-28,39H,3-4,11-18,22H2,1-2H3. The first-order valence-electron chi connectivity index (χ1n) is 15.9. The maximum atomic E-state index is 9.91. The molecule has 3 heterocycles. The Labute approximate surface area is 259 Å². The molecule has 1 saturated carbocycles. The van der Waals surface area contributed by atoms with Crippen LogP contribution in [0.1, 0.15) is 62.1 Å². The van der Waals surface area contributed by atoms with Crippen molar-refractivity contribution >= 4 is 28.4 Å². The summed E-state index contributed by atoms with van der Waals surface area (Å²) in [5, 5.41) is 14.6. The Morgan fingerprint density at radius 2 is 1.70 bits per heavy atom. The van der Waals surface area contributed by atoms with Gasteiger partial charge in [0.15, 0.2) is 5.58 Å². The molecule has 222 valence electrons. The Kier molecular flexibility index (Phi) is 7.90. The van der Waals surface area contributed by atoms with Crippen molar-refractivity contribution in [3.05, 3.63) is 70.2 Å². The smallest absolute Gasteiger partial charge is 0.227 e. The fourth-order valence-electron chi connectivity index (χ4n) is 7.37. The van der Waals surface area contributed by atoms with Crippen molar-refractivity contribution in [2.45, 2.75) is 71.0 Å². The Hall–Kier alpha value is -3.37. The summed E-state index contributed by atoms with van der Waals surface area (Å²) < 4.78 is 6.28. The minimum absolute atomic E-state index is 0.534. The third-order valence-corrected chi connectivity index (χ3v) is 10.2. The molecule has 0 atom stereocenters. The number of nitrogens with zero attached hydrogens (tertiary/aromatic N) is 4. The number of piperidine rings is 1. The number of oxazole rings is 1. The van der Waals surface area contributed by atoms with E-state index in [0.29, 0.717) is 29.1 Å². The first-order chi connectivity index (χ1) is 21.0. The predicted octanol–water partition coefficient (Wildman–Crippen LogP) is 7.95. The van der Waals surface area contributed by atoms with E-state index in [-0.39, 0.29) is 0 Å². The zero-order valence-electron chi connectivity index (χ0n) is 25.2. The van der Waals surface area contributed by atoms with Crippen LogP contribution < -0.4 is 10.2 Å². The molecule has 43 heavy (non-hydrogen) atoms. The lowest BCUT2D eigenvalue weighted by Gasteiger charge is -2.40. The van der Waals surface area contributed by atoms with E-state index in [0.717, 1.165) is 95.5 Å². The van der Waals surface area contributed by atoms with E-state index in [1.807, 2.05) is 18.2 Å². The number of nitrogens with one attached hydrogen (secondary N) is 1. The molecule has 1 N–H and O–H groups in total. The third kappa shape index (κ3) is 5.67. The number of hydrogen-bond acceptors (Lipinski definition) is 6. The molecule has 6 nitrogen and oxygen atoms in total. The Morgan fingerprint density at radius 1 is 0.977 bits per heavy atom. The number of fused-ring (bicyclic) bond motifs is 1. The molecule has 4 aromatic rings. The van der Waals surface area contributed by atoms with Crippen LogP contribution in [-0.4, -0.2) is 48.1 Å². The molecular weight excluding hydrogens is 554 g/mol. The van der Waals surface area contributed by atoms with Gasteiger partial charge in [-0.05, 0) is 105 Å². The molecule has 0 bridgehead atoms. The minimum Gasteiger partial charge on any atom is -0.435 e. The van der Waals surface area contributed by atoms with Crippen LogP contribution in [0.3, 0.4) is 0 Å².